The molecule has 7 heteroatoms. The van der Waals surface area contributed by atoms with Gasteiger partial charge in [0.2, 0.25) is 5.88 Å². The Hall–Kier alpha value is -2.23. The van der Waals surface area contributed by atoms with Crippen LogP contribution in [0.1, 0.15) is 30.2 Å². The highest BCUT2D eigenvalue weighted by molar-refractivity contribution is 5.72. The van der Waals surface area contributed by atoms with E-state index in [-0.39, 0.29) is 30.2 Å². The molecule has 0 spiro atoms. The largest absolute Gasteiger partial charge is 0.481 e. The van der Waals surface area contributed by atoms with Crippen molar-refractivity contribution in [1.29, 1.82) is 5.26 Å². The quantitative estimate of drug-likeness (QED) is 0.765. The van der Waals surface area contributed by atoms with Crippen molar-refractivity contribution >= 4 is 5.97 Å². The number of nitrogens with zero attached hydrogens (tertiary/aromatic N) is 2. The minimum Gasteiger partial charge on any atom is -0.481 e. The molecule has 102 valence electrons. The highest BCUT2D eigenvalue weighted by Gasteiger charge is 2.22. The van der Waals surface area contributed by atoms with E-state index in [1.807, 2.05) is 0 Å². The van der Waals surface area contributed by atoms with Gasteiger partial charge in [0.05, 0.1) is 43.0 Å². The smallest absolute Gasteiger partial charge is 0.311 e. The van der Waals surface area contributed by atoms with E-state index in [9.17, 15) is 13.6 Å². The molecule has 1 aromatic rings. The fourth-order valence-corrected chi connectivity index (χ4v) is 1.49. The van der Waals surface area contributed by atoms with E-state index in [1.165, 1.54) is 7.11 Å². The Bertz CT molecular complexity index is 512. The number of hydrogen-bond donors (Lipinski definition) is 0. The van der Waals surface area contributed by atoms with Crippen LogP contribution in [0.2, 0.25) is 0 Å². The molecule has 0 radical (unpaired) electrons. The summed E-state index contributed by atoms with van der Waals surface area (Å²) in [6, 6.07) is 2.78. The molecule has 0 saturated carbocycles. The molecule has 0 unspecified atom stereocenters. The number of carbonyl (C=O) groups is 1. The molecule has 0 fully saturated rings. The van der Waals surface area contributed by atoms with E-state index in [0.29, 0.717) is 0 Å². The van der Waals surface area contributed by atoms with Crippen LogP contribution in [0.25, 0.3) is 0 Å². The van der Waals surface area contributed by atoms with Crippen LogP contribution >= 0.6 is 0 Å². The zero-order valence-electron chi connectivity index (χ0n) is 10.4. The van der Waals surface area contributed by atoms with Crippen LogP contribution in [0.4, 0.5) is 8.78 Å². The summed E-state index contributed by atoms with van der Waals surface area (Å²) in [5.41, 5.74) is -0.685. The van der Waals surface area contributed by atoms with Gasteiger partial charge in [-0.3, -0.25) is 4.79 Å². The standard InChI is InChI=1S/C12H12F2N2O3/c1-3-19-9(17)5-8-4-7(6-15)10(11(13)14)12(16-8)18-2/h4,11H,3,5H2,1-2H3. The fourth-order valence-electron chi connectivity index (χ4n) is 1.49. The topological polar surface area (TPSA) is 72.2 Å². The summed E-state index contributed by atoms with van der Waals surface area (Å²) in [7, 11) is 1.17. The average molecular weight is 270 g/mol. The summed E-state index contributed by atoms with van der Waals surface area (Å²) in [4.78, 5) is 15.1. The highest BCUT2D eigenvalue weighted by atomic mass is 19.3. The second kappa shape index (κ2) is 6.64. The Morgan fingerprint density at radius 3 is 2.74 bits per heavy atom. The maximum atomic E-state index is 12.8. The van der Waals surface area contributed by atoms with Gasteiger partial charge in [-0.25, -0.2) is 13.8 Å². The summed E-state index contributed by atoms with van der Waals surface area (Å²) in [5.74, 6) is -0.904. The van der Waals surface area contributed by atoms with Crippen LogP contribution in [0.3, 0.4) is 0 Å². The maximum absolute atomic E-state index is 12.8. The molecule has 1 rings (SSSR count). The number of rotatable bonds is 5. The lowest BCUT2D eigenvalue weighted by Gasteiger charge is -2.10. The summed E-state index contributed by atoms with van der Waals surface area (Å²) in [6.45, 7) is 1.85. The average Bonchev–Trinajstić information content (AvgIpc) is 2.37. The Labute approximate surface area is 108 Å². The molecule has 0 N–H and O–H groups in total. The first kappa shape index (κ1) is 14.8. The molecule has 1 heterocycles. The van der Waals surface area contributed by atoms with Crippen molar-refractivity contribution < 1.29 is 23.0 Å². The van der Waals surface area contributed by atoms with Gasteiger partial charge in [0.1, 0.15) is 0 Å². The van der Waals surface area contributed by atoms with Crippen LogP contribution in [-0.2, 0) is 16.0 Å². The number of hydrogen-bond acceptors (Lipinski definition) is 5. The molecule has 0 aromatic carbocycles. The molecule has 0 saturated heterocycles. The van der Waals surface area contributed by atoms with Gasteiger partial charge in [0.25, 0.3) is 6.43 Å². The summed E-state index contributed by atoms with van der Waals surface area (Å²) in [5, 5.41) is 8.87. The van der Waals surface area contributed by atoms with Gasteiger partial charge >= 0.3 is 5.97 Å². The molecule has 0 aliphatic carbocycles. The first-order valence-electron chi connectivity index (χ1n) is 5.45. The van der Waals surface area contributed by atoms with Gasteiger partial charge in [-0.15, -0.1) is 0 Å². The predicted molar refractivity (Wildman–Crippen MR) is 60.8 cm³/mol. The summed E-state index contributed by atoms with van der Waals surface area (Å²) >= 11 is 0. The van der Waals surface area contributed by atoms with Crippen molar-refractivity contribution in [3.8, 4) is 11.9 Å². The van der Waals surface area contributed by atoms with Crippen molar-refractivity contribution in [3.63, 3.8) is 0 Å². The fraction of sp³-hybridized carbons (Fsp3) is 0.417. The predicted octanol–water partition coefficient (Wildman–Crippen LogP) is 2.01. The first-order chi connectivity index (χ1) is 9.03. The SMILES string of the molecule is CCOC(=O)Cc1cc(C#N)c(C(F)F)c(OC)n1. The van der Waals surface area contributed by atoms with Gasteiger partial charge in [-0.2, -0.15) is 5.26 Å². The van der Waals surface area contributed by atoms with Crippen molar-refractivity contribution in [1.82, 2.24) is 4.98 Å². The van der Waals surface area contributed by atoms with Crippen LogP contribution in [0, 0.1) is 11.3 Å². The first-order valence-corrected chi connectivity index (χ1v) is 5.45. The Balaban J connectivity index is 3.17. The second-order valence-electron chi connectivity index (χ2n) is 3.48. The number of nitriles is 1. The maximum Gasteiger partial charge on any atom is 0.311 e. The molecule has 19 heavy (non-hydrogen) atoms. The number of aromatic nitrogens is 1. The number of pyridine rings is 1. The number of halogens is 2. The molecular formula is C12H12F2N2O3. The Morgan fingerprint density at radius 2 is 2.26 bits per heavy atom. The van der Waals surface area contributed by atoms with E-state index in [4.69, 9.17) is 14.7 Å². The van der Waals surface area contributed by atoms with Gasteiger partial charge < -0.3 is 9.47 Å². The van der Waals surface area contributed by atoms with Crippen LogP contribution in [0.15, 0.2) is 6.07 Å². The van der Waals surface area contributed by atoms with Gasteiger partial charge in [-0.1, -0.05) is 0 Å². The highest BCUT2D eigenvalue weighted by Crippen LogP contribution is 2.31. The van der Waals surface area contributed by atoms with Crippen molar-refractivity contribution in [2.24, 2.45) is 0 Å². The van der Waals surface area contributed by atoms with Crippen molar-refractivity contribution in [3.05, 3.63) is 22.9 Å². The monoisotopic (exact) mass is 270 g/mol. The molecular weight excluding hydrogens is 258 g/mol. The molecule has 0 aliphatic rings. The van der Waals surface area contributed by atoms with Gasteiger partial charge in [-0.05, 0) is 13.0 Å². The van der Waals surface area contributed by atoms with E-state index in [0.717, 1.165) is 6.07 Å². The van der Waals surface area contributed by atoms with Gasteiger partial charge in [0, 0.05) is 0 Å². The molecule has 0 atom stereocenters. The Kier molecular flexibility index (Phi) is 5.18. The molecule has 0 amide bonds. The molecule has 5 nitrogen and oxygen atoms in total. The number of ether oxygens (including phenoxy) is 2. The van der Waals surface area contributed by atoms with E-state index < -0.39 is 18.0 Å². The number of alkyl halides is 2. The zero-order valence-corrected chi connectivity index (χ0v) is 10.4. The van der Waals surface area contributed by atoms with E-state index >= 15 is 0 Å². The minimum atomic E-state index is -2.88. The van der Waals surface area contributed by atoms with E-state index in [2.05, 4.69) is 4.98 Å². The van der Waals surface area contributed by atoms with E-state index in [1.54, 1.807) is 13.0 Å². The Morgan fingerprint density at radius 1 is 1.58 bits per heavy atom. The minimum absolute atomic E-state index is 0.149. The number of methoxy groups -OCH3 is 1. The van der Waals surface area contributed by atoms with Crippen LogP contribution in [-0.4, -0.2) is 24.7 Å². The lowest BCUT2D eigenvalue weighted by Crippen LogP contribution is -2.10. The third kappa shape index (κ3) is 3.61. The molecule has 0 bridgehead atoms. The molecule has 1 aromatic heterocycles. The third-order valence-electron chi connectivity index (χ3n) is 2.24. The lowest BCUT2D eigenvalue weighted by molar-refractivity contribution is -0.142. The van der Waals surface area contributed by atoms with Gasteiger partial charge in [0.15, 0.2) is 0 Å². The summed E-state index contributed by atoms with van der Waals surface area (Å²) < 4.78 is 35.1. The lowest BCUT2D eigenvalue weighted by atomic mass is 10.1. The second-order valence-corrected chi connectivity index (χ2v) is 3.48. The van der Waals surface area contributed by atoms with Crippen molar-refractivity contribution in [2.45, 2.75) is 19.8 Å². The molecule has 0 aliphatic heterocycles. The van der Waals surface area contributed by atoms with Crippen LogP contribution in [0.5, 0.6) is 5.88 Å². The normalized spacial score (nSPS) is 10.1. The number of carbonyl (C=O) groups excluding carboxylic acids is 1. The van der Waals surface area contributed by atoms with Crippen molar-refractivity contribution in [2.75, 3.05) is 13.7 Å². The zero-order chi connectivity index (χ0) is 14.4. The summed E-state index contributed by atoms with van der Waals surface area (Å²) in [6.07, 6.45) is -3.09. The number of esters is 1. The van der Waals surface area contributed by atoms with Crippen LogP contribution < -0.4 is 4.74 Å². The third-order valence-corrected chi connectivity index (χ3v) is 2.24.